The van der Waals surface area contributed by atoms with Gasteiger partial charge in [-0.3, -0.25) is 0 Å². The molecule has 0 heterocycles. The van der Waals surface area contributed by atoms with E-state index in [1.54, 1.807) is 7.05 Å². The lowest BCUT2D eigenvalue weighted by Crippen LogP contribution is -2.46. The van der Waals surface area contributed by atoms with E-state index >= 15 is 0 Å². The van der Waals surface area contributed by atoms with E-state index in [4.69, 9.17) is 6.42 Å². The first kappa shape index (κ1) is 8.48. The molecular weight excluding hydrogens is 148 g/mol. The van der Waals surface area contributed by atoms with Gasteiger partial charge in [-0.15, -0.1) is 6.42 Å². The van der Waals surface area contributed by atoms with Crippen LogP contribution < -0.4 is 5.32 Å². The lowest BCUT2D eigenvalue weighted by atomic mass is 9.76. The summed E-state index contributed by atoms with van der Waals surface area (Å²) in [6.07, 6.45) is 4.99. The predicted molar refractivity (Wildman–Crippen MR) is 39.4 cm³/mol. The standard InChI is InChI=1S/C8H11F2N/c1-3-7(11-2)6-4-8(9,10)5-6/h1,6-7,11H,4-5H2,2H3. The van der Waals surface area contributed by atoms with Gasteiger partial charge in [0.15, 0.2) is 0 Å². The minimum Gasteiger partial charge on any atom is -0.307 e. The molecule has 0 aromatic heterocycles. The van der Waals surface area contributed by atoms with Gasteiger partial charge in [-0.25, -0.2) is 8.78 Å². The van der Waals surface area contributed by atoms with Crippen molar-refractivity contribution in [3.05, 3.63) is 0 Å². The molecule has 1 N–H and O–H groups in total. The van der Waals surface area contributed by atoms with Gasteiger partial charge in [0.2, 0.25) is 5.92 Å². The van der Waals surface area contributed by atoms with Crippen LogP contribution in [-0.4, -0.2) is 19.0 Å². The van der Waals surface area contributed by atoms with Gasteiger partial charge in [-0.2, -0.15) is 0 Å². The summed E-state index contributed by atoms with van der Waals surface area (Å²) in [5, 5.41) is 2.82. The Hall–Kier alpha value is -0.620. The molecule has 1 atom stereocenters. The Bertz CT molecular complexity index is 175. The lowest BCUT2D eigenvalue weighted by Gasteiger charge is -2.37. The first-order valence-electron chi connectivity index (χ1n) is 3.60. The number of terminal acetylenes is 1. The summed E-state index contributed by atoms with van der Waals surface area (Å²) >= 11 is 0. The van der Waals surface area contributed by atoms with Crippen LogP contribution in [0.4, 0.5) is 8.78 Å². The Balaban J connectivity index is 2.37. The summed E-state index contributed by atoms with van der Waals surface area (Å²) in [5.41, 5.74) is 0. The van der Waals surface area contributed by atoms with Crippen LogP contribution in [0.5, 0.6) is 0 Å². The van der Waals surface area contributed by atoms with Crippen molar-refractivity contribution in [3.8, 4) is 12.3 Å². The molecule has 0 aliphatic heterocycles. The second-order valence-electron chi connectivity index (χ2n) is 2.96. The second kappa shape index (κ2) is 2.78. The van der Waals surface area contributed by atoms with Crippen LogP contribution in [0.1, 0.15) is 12.8 Å². The van der Waals surface area contributed by atoms with Gasteiger partial charge in [0.1, 0.15) is 0 Å². The van der Waals surface area contributed by atoms with Gasteiger partial charge in [0.05, 0.1) is 6.04 Å². The fourth-order valence-corrected chi connectivity index (χ4v) is 1.40. The van der Waals surface area contributed by atoms with Crippen molar-refractivity contribution in [1.82, 2.24) is 5.32 Å². The normalized spacial score (nSPS) is 25.3. The zero-order valence-electron chi connectivity index (χ0n) is 6.40. The summed E-state index contributed by atoms with van der Waals surface area (Å²) < 4.78 is 24.6. The Morgan fingerprint density at radius 3 is 2.45 bits per heavy atom. The molecule has 1 nitrogen and oxygen atoms in total. The van der Waals surface area contributed by atoms with Gasteiger partial charge in [0, 0.05) is 12.8 Å². The van der Waals surface area contributed by atoms with Crippen LogP contribution in [0.25, 0.3) is 0 Å². The molecule has 1 aliphatic carbocycles. The highest BCUT2D eigenvalue weighted by Gasteiger charge is 2.47. The minimum absolute atomic E-state index is 0.0417. The molecule has 3 heteroatoms. The molecule has 1 rings (SSSR count). The molecule has 0 amide bonds. The van der Waals surface area contributed by atoms with Gasteiger partial charge >= 0.3 is 0 Å². The summed E-state index contributed by atoms with van der Waals surface area (Å²) in [4.78, 5) is 0. The van der Waals surface area contributed by atoms with Crippen molar-refractivity contribution in [1.29, 1.82) is 0 Å². The van der Waals surface area contributed by atoms with Crippen molar-refractivity contribution in [2.45, 2.75) is 24.8 Å². The van der Waals surface area contributed by atoms with Crippen LogP contribution in [0, 0.1) is 18.3 Å². The third-order valence-corrected chi connectivity index (χ3v) is 2.08. The van der Waals surface area contributed by atoms with Gasteiger partial charge in [-0.1, -0.05) is 5.92 Å². The quantitative estimate of drug-likeness (QED) is 0.598. The van der Waals surface area contributed by atoms with E-state index in [1.807, 2.05) is 0 Å². The fourth-order valence-electron chi connectivity index (χ4n) is 1.40. The largest absolute Gasteiger partial charge is 0.307 e. The number of hydrogen-bond acceptors (Lipinski definition) is 1. The summed E-state index contributed by atoms with van der Waals surface area (Å²) in [7, 11) is 1.70. The summed E-state index contributed by atoms with van der Waals surface area (Å²) in [5.74, 6) is -0.0564. The van der Waals surface area contributed by atoms with Crippen LogP contribution in [0.3, 0.4) is 0 Å². The molecule has 0 spiro atoms. The van der Waals surface area contributed by atoms with Crippen LogP contribution in [-0.2, 0) is 0 Å². The zero-order chi connectivity index (χ0) is 8.48. The summed E-state index contributed by atoms with van der Waals surface area (Å²) in [6, 6.07) is -0.186. The average molecular weight is 159 g/mol. The monoisotopic (exact) mass is 159 g/mol. The fraction of sp³-hybridized carbons (Fsp3) is 0.750. The Morgan fingerprint density at radius 1 is 1.64 bits per heavy atom. The van der Waals surface area contributed by atoms with Crippen molar-refractivity contribution < 1.29 is 8.78 Å². The predicted octanol–water partition coefficient (Wildman–Crippen LogP) is 1.25. The summed E-state index contributed by atoms with van der Waals surface area (Å²) in [6.45, 7) is 0. The van der Waals surface area contributed by atoms with E-state index in [1.165, 1.54) is 0 Å². The molecule has 1 unspecified atom stereocenters. The molecule has 0 bridgehead atoms. The lowest BCUT2D eigenvalue weighted by molar-refractivity contribution is -0.114. The molecule has 0 radical (unpaired) electrons. The molecule has 0 aromatic carbocycles. The minimum atomic E-state index is -2.46. The highest BCUT2D eigenvalue weighted by Crippen LogP contribution is 2.43. The number of nitrogens with one attached hydrogen (secondary N) is 1. The molecule has 0 aromatic rings. The number of rotatable bonds is 2. The average Bonchev–Trinajstić information content (AvgIpc) is 1.86. The van der Waals surface area contributed by atoms with E-state index in [0.29, 0.717) is 0 Å². The van der Waals surface area contributed by atoms with E-state index in [0.717, 1.165) is 0 Å². The smallest absolute Gasteiger partial charge is 0.248 e. The maximum Gasteiger partial charge on any atom is 0.248 e. The van der Waals surface area contributed by atoms with Crippen LogP contribution in [0.2, 0.25) is 0 Å². The third kappa shape index (κ3) is 1.69. The van der Waals surface area contributed by atoms with Crippen molar-refractivity contribution in [2.75, 3.05) is 7.05 Å². The third-order valence-electron chi connectivity index (χ3n) is 2.08. The maximum absolute atomic E-state index is 12.3. The SMILES string of the molecule is C#CC(NC)C1CC(F)(F)C1. The number of hydrogen-bond donors (Lipinski definition) is 1. The van der Waals surface area contributed by atoms with E-state index in [9.17, 15) is 8.78 Å². The van der Waals surface area contributed by atoms with Crippen molar-refractivity contribution in [2.24, 2.45) is 5.92 Å². The first-order chi connectivity index (χ1) is 5.09. The molecule has 1 aliphatic rings. The highest BCUT2D eigenvalue weighted by atomic mass is 19.3. The van der Waals surface area contributed by atoms with E-state index < -0.39 is 5.92 Å². The number of alkyl halides is 2. The Morgan fingerprint density at radius 2 is 2.18 bits per heavy atom. The zero-order valence-corrected chi connectivity index (χ0v) is 6.40. The van der Waals surface area contributed by atoms with Gasteiger partial charge < -0.3 is 5.32 Å². The van der Waals surface area contributed by atoms with Gasteiger partial charge in [0.25, 0.3) is 0 Å². The Kier molecular flexibility index (Phi) is 2.15. The van der Waals surface area contributed by atoms with E-state index in [2.05, 4.69) is 11.2 Å². The van der Waals surface area contributed by atoms with E-state index in [-0.39, 0.29) is 24.8 Å². The molecule has 0 saturated heterocycles. The molecular formula is C8H11F2N. The topological polar surface area (TPSA) is 12.0 Å². The molecule has 1 saturated carbocycles. The highest BCUT2D eigenvalue weighted by molar-refractivity contribution is 5.07. The van der Waals surface area contributed by atoms with Crippen molar-refractivity contribution in [3.63, 3.8) is 0 Å². The second-order valence-corrected chi connectivity index (χ2v) is 2.96. The van der Waals surface area contributed by atoms with Crippen molar-refractivity contribution >= 4 is 0 Å². The van der Waals surface area contributed by atoms with Crippen LogP contribution >= 0.6 is 0 Å². The first-order valence-corrected chi connectivity index (χ1v) is 3.60. The molecule has 11 heavy (non-hydrogen) atoms. The van der Waals surface area contributed by atoms with Gasteiger partial charge in [-0.05, 0) is 13.0 Å². The molecule has 1 fully saturated rings. The molecule has 62 valence electrons. The number of halogens is 2. The Labute approximate surface area is 65.2 Å². The maximum atomic E-state index is 12.3. The van der Waals surface area contributed by atoms with Crippen LogP contribution in [0.15, 0.2) is 0 Å².